The second-order valence-electron chi connectivity index (χ2n) is 19.1. The van der Waals surface area contributed by atoms with E-state index in [1.54, 1.807) is 72.8 Å². The lowest BCUT2D eigenvalue weighted by Crippen LogP contribution is -2.37. The Kier molecular flexibility index (Phi) is 23.3. The molecule has 0 aliphatic rings. The number of phenolic OH excluding ortho intramolecular Hbond substituents is 2. The Bertz CT molecular complexity index is 3500. The number of furan rings is 1. The number of aryl methyl sites for hydroxylation is 2. The predicted molar refractivity (Wildman–Crippen MR) is 318 cm³/mol. The monoisotopic (exact) mass is 1120 g/mol. The van der Waals surface area contributed by atoms with Crippen LogP contribution in [-0.2, 0) is 46.5 Å². The van der Waals surface area contributed by atoms with Crippen LogP contribution in [-0.4, -0.2) is 72.3 Å². The molecule has 8 aromatic carbocycles. The highest BCUT2D eigenvalue weighted by molar-refractivity contribution is 6.06. The third-order valence-electron chi connectivity index (χ3n) is 13.0. The van der Waals surface area contributed by atoms with Crippen LogP contribution < -0.4 is 36.5 Å². The molecule has 8 N–H and O–H groups in total. The second-order valence-corrected chi connectivity index (χ2v) is 19.1. The molecule has 9 aromatic rings. The highest BCUT2D eigenvalue weighted by Gasteiger charge is 2.20. The maximum Gasteiger partial charge on any atom is 0.373 e. The number of carbonyl (C=O) groups is 4. The number of benzene rings is 8. The summed E-state index contributed by atoms with van der Waals surface area (Å²) in [7, 11) is 0. The third kappa shape index (κ3) is 19.8. The van der Waals surface area contributed by atoms with E-state index >= 15 is 0 Å². The van der Waals surface area contributed by atoms with Gasteiger partial charge >= 0.3 is 6.15 Å². The molecule has 83 heavy (non-hydrogen) atoms. The van der Waals surface area contributed by atoms with E-state index < -0.39 is 11.9 Å². The highest BCUT2D eigenvalue weighted by atomic mass is 16.5. The number of para-hydroxylation sites is 1. The van der Waals surface area contributed by atoms with E-state index in [1.165, 1.54) is 11.1 Å². The SMILES string of the molecule is N[C@@H](Cc1ccccc1)C(=O)Nc1ccc(C(=O)NCCCc2ccccc2)cc1OCCc1ccc(O)cc1.O=C(NCCCc1ccccc1)c1ccc(NC(=O)c2cc3ccccc3o2)c(OCCc2ccc(O)cc2)c1.O=C=O. The number of phenols is 2. The van der Waals surface area contributed by atoms with Crippen molar-refractivity contribution in [3.63, 3.8) is 0 Å². The number of fused-ring (bicyclic) bond motifs is 1. The number of amides is 4. The number of rotatable bonds is 24. The van der Waals surface area contributed by atoms with Gasteiger partial charge in [0.05, 0.1) is 30.6 Å². The summed E-state index contributed by atoms with van der Waals surface area (Å²) >= 11 is 0. The second kappa shape index (κ2) is 32.1. The van der Waals surface area contributed by atoms with Crippen molar-refractivity contribution in [1.82, 2.24) is 10.6 Å². The molecule has 1 heterocycles. The van der Waals surface area contributed by atoms with Crippen molar-refractivity contribution in [3.05, 3.63) is 251 Å². The lowest BCUT2D eigenvalue weighted by atomic mass is 10.1. The third-order valence-corrected chi connectivity index (χ3v) is 13.0. The largest absolute Gasteiger partial charge is 0.508 e. The maximum atomic E-state index is 13.0. The minimum absolute atomic E-state index is 0.177. The van der Waals surface area contributed by atoms with Gasteiger partial charge in [-0.1, -0.05) is 133 Å². The molecule has 0 radical (unpaired) electrons. The molecular weight excluding hydrogens is 1050 g/mol. The molecular formula is C67H65N5O11. The lowest BCUT2D eigenvalue weighted by molar-refractivity contribution is -0.191. The van der Waals surface area contributed by atoms with Gasteiger partial charge in [-0.2, -0.15) is 9.59 Å². The molecule has 9 rings (SSSR count). The molecule has 16 nitrogen and oxygen atoms in total. The number of aromatic hydroxyl groups is 2. The highest BCUT2D eigenvalue weighted by Crippen LogP contribution is 2.30. The Hall–Kier alpha value is -10.3. The van der Waals surface area contributed by atoms with E-state index in [9.17, 15) is 29.4 Å². The predicted octanol–water partition coefficient (Wildman–Crippen LogP) is 10.7. The van der Waals surface area contributed by atoms with E-state index in [4.69, 9.17) is 29.2 Å². The molecule has 1 atom stereocenters. The Morgan fingerprint density at radius 3 is 1.37 bits per heavy atom. The Labute approximate surface area is 481 Å². The summed E-state index contributed by atoms with van der Waals surface area (Å²) in [6.07, 6.45) is 5.19. The Morgan fingerprint density at radius 2 is 0.904 bits per heavy atom. The molecule has 0 aliphatic heterocycles. The molecule has 0 saturated heterocycles. The van der Waals surface area contributed by atoms with Gasteiger partial charge in [0, 0.05) is 42.4 Å². The molecule has 16 heteroatoms. The van der Waals surface area contributed by atoms with E-state index in [0.717, 1.165) is 47.8 Å². The quantitative estimate of drug-likeness (QED) is 0.0279. The molecule has 0 bridgehead atoms. The number of ether oxygens (including phenoxy) is 2. The van der Waals surface area contributed by atoms with Crippen LogP contribution in [0.1, 0.15) is 71.9 Å². The van der Waals surface area contributed by atoms with Gasteiger partial charge in [-0.3, -0.25) is 19.2 Å². The van der Waals surface area contributed by atoms with Crippen LogP contribution in [0.2, 0.25) is 0 Å². The minimum Gasteiger partial charge on any atom is -0.508 e. The van der Waals surface area contributed by atoms with Crippen molar-refractivity contribution in [3.8, 4) is 23.0 Å². The zero-order valence-electron chi connectivity index (χ0n) is 45.6. The van der Waals surface area contributed by atoms with E-state index in [-0.39, 0.29) is 41.1 Å². The number of hydrogen-bond acceptors (Lipinski definition) is 12. The fourth-order valence-corrected chi connectivity index (χ4v) is 8.60. The summed E-state index contributed by atoms with van der Waals surface area (Å²) in [6.45, 7) is 1.69. The topological polar surface area (TPSA) is 249 Å². The summed E-state index contributed by atoms with van der Waals surface area (Å²) in [5, 5.41) is 31.5. The standard InChI is InChI=1S/C33H35N3O4.C33H30N2O5.CO2/c34-29(22-26-10-5-2-6-11-26)33(39)36-30-18-15-27(32(38)35-20-7-12-24-8-3-1-4-9-24)23-31(30)40-21-19-25-13-16-28(37)17-14-25;36-27-15-12-24(13-16-27)18-20-39-30-22-26(32(37)34-19-6-9-23-7-2-1-3-8-23)14-17-28(30)35-33(38)31-21-25-10-4-5-11-29(25)40-31;2-1-3/h1-6,8-11,13-18,23,29,37H,7,12,19-22,34H2,(H,35,38)(H,36,39);1-5,7-8,10-17,21-22,36H,6,9,18-20H2,(H,34,37)(H,35,38);/t29-;;/m0../s1. The zero-order valence-corrected chi connectivity index (χ0v) is 45.6. The number of nitrogens with two attached hydrogens (primary N) is 1. The van der Waals surface area contributed by atoms with E-state index in [0.29, 0.717) is 85.1 Å². The summed E-state index contributed by atoms with van der Waals surface area (Å²) < 4.78 is 17.8. The number of hydrogen-bond donors (Lipinski definition) is 7. The summed E-state index contributed by atoms with van der Waals surface area (Å²) in [4.78, 5) is 68.0. The molecule has 0 fully saturated rings. The molecule has 4 amide bonds. The van der Waals surface area contributed by atoms with Gasteiger partial charge in [-0.15, -0.1) is 0 Å². The van der Waals surface area contributed by atoms with Crippen molar-refractivity contribution in [2.24, 2.45) is 5.73 Å². The van der Waals surface area contributed by atoms with Crippen LogP contribution in [0.4, 0.5) is 11.4 Å². The van der Waals surface area contributed by atoms with Gasteiger partial charge < -0.3 is 51.1 Å². The van der Waals surface area contributed by atoms with E-state index in [2.05, 4.69) is 45.5 Å². The Balaban J connectivity index is 0.000000228. The molecule has 424 valence electrons. The van der Waals surface area contributed by atoms with Crippen molar-refractivity contribution >= 4 is 52.1 Å². The van der Waals surface area contributed by atoms with Gasteiger partial charge in [0.15, 0.2) is 5.76 Å². The number of carbonyl (C=O) groups excluding carboxylic acids is 6. The van der Waals surface area contributed by atoms with Crippen LogP contribution in [0.25, 0.3) is 11.0 Å². The summed E-state index contributed by atoms with van der Waals surface area (Å²) in [5.41, 5.74) is 13.9. The molecule has 0 aliphatic carbocycles. The summed E-state index contributed by atoms with van der Waals surface area (Å²) in [5.74, 6) is 0.143. The van der Waals surface area contributed by atoms with Crippen molar-refractivity contribution in [1.29, 1.82) is 0 Å². The van der Waals surface area contributed by atoms with Crippen LogP contribution >= 0.6 is 0 Å². The molecule has 0 spiro atoms. The molecule has 1 aromatic heterocycles. The lowest BCUT2D eigenvalue weighted by Gasteiger charge is -2.17. The van der Waals surface area contributed by atoms with Crippen molar-refractivity contribution in [2.75, 3.05) is 36.9 Å². The minimum atomic E-state index is -0.750. The Morgan fingerprint density at radius 1 is 0.482 bits per heavy atom. The fourth-order valence-electron chi connectivity index (χ4n) is 8.60. The average Bonchev–Trinajstić information content (AvgIpc) is 4.11. The molecule has 0 saturated carbocycles. The zero-order chi connectivity index (χ0) is 58.6. The van der Waals surface area contributed by atoms with Gasteiger partial charge in [0.1, 0.15) is 28.6 Å². The van der Waals surface area contributed by atoms with Crippen LogP contribution in [0.15, 0.2) is 211 Å². The van der Waals surface area contributed by atoms with Gasteiger partial charge in [0.2, 0.25) is 5.91 Å². The first-order valence-electron chi connectivity index (χ1n) is 27.1. The van der Waals surface area contributed by atoms with E-state index in [1.807, 2.05) is 109 Å². The van der Waals surface area contributed by atoms with Gasteiger partial charge in [0.25, 0.3) is 17.7 Å². The summed E-state index contributed by atoms with van der Waals surface area (Å²) in [6, 6.07) is 61.9. The smallest absolute Gasteiger partial charge is 0.373 e. The van der Waals surface area contributed by atoms with Crippen LogP contribution in [0, 0.1) is 0 Å². The average molecular weight is 1120 g/mol. The molecule has 0 unspecified atom stereocenters. The van der Waals surface area contributed by atoms with Crippen molar-refractivity contribution in [2.45, 2.75) is 51.0 Å². The van der Waals surface area contributed by atoms with Crippen molar-refractivity contribution < 1.29 is 52.9 Å². The number of nitrogens with one attached hydrogen (secondary N) is 4. The first-order valence-corrected chi connectivity index (χ1v) is 27.1. The maximum absolute atomic E-state index is 13.0. The number of anilines is 2. The fraction of sp³-hybridized carbons (Fsp3) is 0.179. The van der Waals surface area contributed by atoms with Gasteiger partial charge in [-0.25, -0.2) is 0 Å². The van der Waals surface area contributed by atoms with Crippen LogP contribution in [0.3, 0.4) is 0 Å². The van der Waals surface area contributed by atoms with Gasteiger partial charge in [-0.05, 0) is 133 Å². The first-order chi connectivity index (χ1) is 40.4. The normalized spacial score (nSPS) is 10.8. The van der Waals surface area contributed by atoms with Crippen LogP contribution in [0.5, 0.6) is 23.0 Å². The first kappa shape index (κ1) is 60.4.